The molecular formula is C61H88N6O12. The van der Waals surface area contributed by atoms with Gasteiger partial charge in [0.05, 0.1) is 45.8 Å². The van der Waals surface area contributed by atoms with Crippen LogP contribution in [0, 0.1) is 50.4 Å². The second-order valence-electron chi connectivity index (χ2n) is 25.6. The molecule has 4 amide bonds. The molecule has 0 aromatic heterocycles. The molecule has 0 bridgehead atoms. The predicted molar refractivity (Wildman–Crippen MR) is 300 cm³/mol. The van der Waals surface area contributed by atoms with E-state index in [4.69, 9.17) is 23.9 Å². The molecule has 6 atom stereocenters. The predicted octanol–water partition coefficient (Wildman–Crippen LogP) is 8.81. The third-order valence-electron chi connectivity index (χ3n) is 17.0. The number of aryl methyl sites for hydroxylation is 4. The van der Waals surface area contributed by atoms with Crippen LogP contribution >= 0.6 is 0 Å². The molecular weight excluding hydrogens is 1010 g/mol. The van der Waals surface area contributed by atoms with E-state index < -0.39 is 64.0 Å². The number of rotatable bonds is 14. The summed E-state index contributed by atoms with van der Waals surface area (Å²) in [7, 11) is 4.61. The number of methoxy groups -OCH3 is 3. The van der Waals surface area contributed by atoms with Gasteiger partial charge in [0.25, 0.3) is 0 Å². The molecule has 3 N–H and O–H groups in total. The van der Waals surface area contributed by atoms with Crippen molar-refractivity contribution in [2.45, 2.75) is 207 Å². The van der Waals surface area contributed by atoms with Crippen molar-refractivity contribution in [2.75, 3.05) is 34.4 Å². The SMILES string of the molecule is COC(=O)[C@@H]1C[C@]2(CC(c3cc(C)c(OC)c(C)c3)=NO2)CN1C(=O)[C@@H](NC(=O)CC1CCCCC1)C(C)(C)C.COc1c(C)cc(C2=NO[C@]3(C2)C[C@@H](C(=O)O)N(C(=O)[C@@H](NC(=O)CC2CCCCC2)C(C)(C)C)C3)cc1C. The minimum absolute atomic E-state index is 0.0923. The van der Waals surface area contributed by atoms with Crippen LogP contribution in [0.4, 0.5) is 0 Å². The summed E-state index contributed by atoms with van der Waals surface area (Å²) in [6, 6.07) is 4.46. The lowest BCUT2D eigenvalue weighted by Crippen LogP contribution is -2.57. The van der Waals surface area contributed by atoms with Crippen LogP contribution in [-0.2, 0) is 43.2 Å². The first kappa shape index (κ1) is 60.4. The summed E-state index contributed by atoms with van der Waals surface area (Å²) in [6.45, 7) is 19.6. The first-order chi connectivity index (χ1) is 37.2. The Labute approximate surface area is 467 Å². The number of ether oxygens (including phenoxy) is 3. The van der Waals surface area contributed by atoms with Crippen LogP contribution in [0.3, 0.4) is 0 Å². The molecule has 2 spiro atoms. The summed E-state index contributed by atoms with van der Waals surface area (Å²) in [5.74, 6) is -0.203. The number of carboxylic acids is 1. The molecule has 18 heteroatoms. The van der Waals surface area contributed by atoms with E-state index in [-0.39, 0.29) is 43.7 Å². The van der Waals surface area contributed by atoms with Gasteiger partial charge in [-0.25, -0.2) is 9.59 Å². The summed E-state index contributed by atoms with van der Waals surface area (Å²) in [5.41, 5.74) is 4.29. The highest BCUT2D eigenvalue weighted by Crippen LogP contribution is 2.43. The lowest BCUT2D eigenvalue weighted by Gasteiger charge is -2.35. The van der Waals surface area contributed by atoms with Gasteiger partial charge in [0.2, 0.25) is 23.6 Å². The molecule has 2 aliphatic carbocycles. The van der Waals surface area contributed by atoms with Crippen molar-refractivity contribution in [1.82, 2.24) is 20.4 Å². The quantitative estimate of drug-likeness (QED) is 0.151. The number of esters is 1. The van der Waals surface area contributed by atoms with Crippen LogP contribution in [0.2, 0.25) is 0 Å². The van der Waals surface area contributed by atoms with Crippen LogP contribution in [0.15, 0.2) is 34.6 Å². The lowest BCUT2D eigenvalue weighted by molar-refractivity contribution is -0.153. The maximum atomic E-state index is 14.1. The highest BCUT2D eigenvalue weighted by Gasteiger charge is 2.57. The minimum atomic E-state index is -1.09. The van der Waals surface area contributed by atoms with Crippen LogP contribution in [0.25, 0.3) is 0 Å². The molecule has 18 nitrogen and oxygen atoms in total. The maximum Gasteiger partial charge on any atom is 0.328 e. The topological polar surface area (TPSA) is 224 Å². The molecule has 0 radical (unpaired) electrons. The summed E-state index contributed by atoms with van der Waals surface area (Å²) < 4.78 is 16.1. The fourth-order valence-corrected chi connectivity index (χ4v) is 12.9. The molecule has 4 fully saturated rings. The zero-order valence-electron chi connectivity index (χ0n) is 49.2. The molecule has 79 heavy (non-hydrogen) atoms. The van der Waals surface area contributed by atoms with Gasteiger partial charge in [0, 0.05) is 49.7 Å². The van der Waals surface area contributed by atoms with Crippen molar-refractivity contribution < 1.29 is 57.8 Å². The van der Waals surface area contributed by atoms with E-state index in [0.717, 1.165) is 108 Å². The molecule has 434 valence electrons. The number of hydrogen-bond donors (Lipinski definition) is 3. The summed E-state index contributed by atoms with van der Waals surface area (Å²) in [6.07, 6.45) is 13.2. The van der Waals surface area contributed by atoms with E-state index in [0.29, 0.717) is 37.5 Å². The summed E-state index contributed by atoms with van der Waals surface area (Å²) in [4.78, 5) is 94.2. The average molecular weight is 1100 g/mol. The van der Waals surface area contributed by atoms with Gasteiger partial charge in [-0.15, -0.1) is 0 Å². The number of nitrogens with zero attached hydrogens (tertiary/aromatic N) is 4. The highest BCUT2D eigenvalue weighted by molar-refractivity contribution is 6.03. The Bertz CT molecular complexity index is 2630. The minimum Gasteiger partial charge on any atom is -0.496 e. The Kier molecular flexibility index (Phi) is 18.9. The van der Waals surface area contributed by atoms with Crippen LogP contribution in [-0.4, -0.2) is 132 Å². The Hall–Kier alpha value is -6.20. The molecule has 2 saturated carbocycles. The number of amides is 4. The number of nitrogens with one attached hydrogen (secondary N) is 2. The van der Waals surface area contributed by atoms with Crippen molar-refractivity contribution in [3.63, 3.8) is 0 Å². The van der Waals surface area contributed by atoms with E-state index in [9.17, 15) is 33.9 Å². The fraction of sp³-hybridized carbons (Fsp3) is 0.672. The van der Waals surface area contributed by atoms with E-state index in [1.165, 1.54) is 29.8 Å². The number of carbonyl (C=O) groups is 6. The Balaban J connectivity index is 0.000000229. The molecule has 4 heterocycles. The largest absolute Gasteiger partial charge is 0.496 e. The number of aliphatic carboxylic acids is 1. The van der Waals surface area contributed by atoms with E-state index in [1.54, 1.807) is 14.2 Å². The van der Waals surface area contributed by atoms with E-state index >= 15 is 0 Å². The lowest BCUT2D eigenvalue weighted by atomic mass is 9.84. The van der Waals surface area contributed by atoms with Gasteiger partial charge in [-0.3, -0.25) is 19.2 Å². The first-order valence-corrected chi connectivity index (χ1v) is 28.5. The number of carbonyl (C=O) groups excluding carboxylic acids is 5. The third-order valence-corrected chi connectivity index (χ3v) is 17.0. The standard InChI is InChI=1S/C31H45N3O6.C30H43N3O6/c1-19-13-22(14-20(2)26(19)38-6)23-16-31(40-33-23)17-24(29(37)39-7)34(18-31)28(36)27(30(3,4)5)32-25(35)15-21-11-9-8-10-12-21;1-18-12-21(13-19(2)25(18)38-6)22-15-30(39-32-22)16-23(28(36)37)33(17-30)27(35)26(29(3,4)5)31-24(34)14-20-10-8-7-9-11-20/h13-14,21,24,27H,8-12,15-18H2,1-7H3,(H,32,35);12-13,20,23,26H,7-11,14-17H2,1-6H3,(H,31,34)(H,36,37)/t24-,27+,31+;23-,26+,30+/m00/s1. The molecule has 2 saturated heterocycles. The third kappa shape index (κ3) is 14.0. The average Bonchev–Trinajstić information content (AvgIpc) is 4.36. The van der Waals surface area contributed by atoms with Crippen LogP contribution < -0.4 is 20.1 Å². The summed E-state index contributed by atoms with van der Waals surface area (Å²) >= 11 is 0. The maximum absolute atomic E-state index is 14.1. The molecule has 2 aromatic carbocycles. The number of benzene rings is 2. The second-order valence-corrected chi connectivity index (χ2v) is 25.6. The van der Waals surface area contributed by atoms with Crippen LogP contribution in [0.5, 0.6) is 11.5 Å². The first-order valence-electron chi connectivity index (χ1n) is 28.5. The Morgan fingerprint density at radius 1 is 0.608 bits per heavy atom. The van der Waals surface area contributed by atoms with Gasteiger partial charge in [-0.2, -0.15) is 0 Å². The van der Waals surface area contributed by atoms with Crippen molar-refractivity contribution >= 4 is 47.0 Å². The van der Waals surface area contributed by atoms with Crippen LogP contribution in [0.1, 0.15) is 178 Å². The smallest absolute Gasteiger partial charge is 0.328 e. The molecule has 8 rings (SSSR count). The zero-order chi connectivity index (χ0) is 57.8. The normalized spacial score (nSPS) is 24.1. The highest BCUT2D eigenvalue weighted by atomic mass is 16.7. The summed E-state index contributed by atoms with van der Waals surface area (Å²) in [5, 5.41) is 24.9. The number of likely N-dealkylation sites (tertiary alicyclic amines) is 2. The van der Waals surface area contributed by atoms with Gasteiger partial charge in [0.15, 0.2) is 11.2 Å². The molecule has 2 aromatic rings. The van der Waals surface area contributed by atoms with Crippen molar-refractivity contribution in [2.24, 2.45) is 33.0 Å². The van der Waals surface area contributed by atoms with Gasteiger partial charge >= 0.3 is 11.9 Å². The van der Waals surface area contributed by atoms with Crippen molar-refractivity contribution in [1.29, 1.82) is 0 Å². The molecule has 4 aliphatic heterocycles. The van der Waals surface area contributed by atoms with Gasteiger partial charge in [0.1, 0.15) is 35.7 Å². The van der Waals surface area contributed by atoms with Crippen molar-refractivity contribution in [3.8, 4) is 11.5 Å². The molecule has 6 aliphatic rings. The number of hydrogen-bond acceptors (Lipinski definition) is 13. The van der Waals surface area contributed by atoms with E-state index in [1.807, 2.05) is 93.5 Å². The zero-order valence-corrected chi connectivity index (χ0v) is 49.2. The monoisotopic (exact) mass is 1100 g/mol. The fourth-order valence-electron chi connectivity index (χ4n) is 12.9. The van der Waals surface area contributed by atoms with Gasteiger partial charge in [-0.05, 0) is 123 Å². The Morgan fingerprint density at radius 2 is 0.962 bits per heavy atom. The second kappa shape index (κ2) is 24.7. The number of carboxylic acid groups (broad SMARTS) is 1. The van der Waals surface area contributed by atoms with Gasteiger partial charge in [-0.1, -0.05) is 90.4 Å². The van der Waals surface area contributed by atoms with Crippen molar-refractivity contribution in [3.05, 3.63) is 57.6 Å². The Morgan fingerprint density at radius 3 is 1.29 bits per heavy atom. The number of oxime groups is 2. The van der Waals surface area contributed by atoms with Gasteiger partial charge < -0.3 is 49.4 Å². The van der Waals surface area contributed by atoms with E-state index in [2.05, 4.69) is 20.9 Å². The molecule has 0 unspecified atom stereocenters.